The van der Waals surface area contributed by atoms with E-state index in [2.05, 4.69) is 18.4 Å². The fourth-order valence-electron chi connectivity index (χ4n) is 3.72. The second kappa shape index (κ2) is 7.93. The van der Waals surface area contributed by atoms with Gasteiger partial charge in [-0.3, -0.25) is 0 Å². The van der Waals surface area contributed by atoms with Gasteiger partial charge < -0.3 is 13.9 Å². The molecular formula is C25H18N2O3S2. The van der Waals surface area contributed by atoms with Gasteiger partial charge in [0.1, 0.15) is 24.6 Å². The van der Waals surface area contributed by atoms with Crippen LogP contribution in [0.4, 0.5) is 5.13 Å². The first-order valence-corrected chi connectivity index (χ1v) is 11.9. The first kappa shape index (κ1) is 19.3. The van der Waals surface area contributed by atoms with Crippen LogP contribution in [0.1, 0.15) is 4.88 Å². The minimum atomic E-state index is 0.544. The third-order valence-electron chi connectivity index (χ3n) is 5.23. The molecule has 4 heterocycles. The van der Waals surface area contributed by atoms with Crippen LogP contribution in [-0.2, 0) is 0 Å². The van der Waals surface area contributed by atoms with E-state index in [1.807, 2.05) is 54.6 Å². The summed E-state index contributed by atoms with van der Waals surface area (Å²) in [6, 6.07) is 19.9. The van der Waals surface area contributed by atoms with Crippen molar-refractivity contribution in [3.8, 4) is 33.4 Å². The zero-order valence-electron chi connectivity index (χ0n) is 17.2. The molecule has 32 heavy (non-hydrogen) atoms. The molecule has 0 N–H and O–H groups in total. The van der Waals surface area contributed by atoms with Crippen molar-refractivity contribution in [2.75, 3.05) is 13.2 Å². The van der Waals surface area contributed by atoms with Crippen molar-refractivity contribution >= 4 is 38.8 Å². The molecule has 0 spiro atoms. The SMILES string of the molecule is Cc1sc(/N=c2\cc(-c3ccc4c(c3)OCCO4)oc3ccccc23)nc1-c1cccs1. The van der Waals surface area contributed by atoms with Crippen LogP contribution in [0.2, 0.25) is 0 Å². The molecule has 158 valence electrons. The number of hydrogen-bond donors (Lipinski definition) is 0. The smallest absolute Gasteiger partial charge is 0.210 e. The summed E-state index contributed by atoms with van der Waals surface area (Å²) in [5.41, 5.74) is 2.68. The fourth-order valence-corrected chi connectivity index (χ4v) is 5.37. The summed E-state index contributed by atoms with van der Waals surface area (Å²) in [4.78, 5) is 12.1. The van der Waals surface area contributed by atoms with E-state index in [0.29, 0.717) is 19.0 Å². The number of thiazole rings is 1. The maximum Gasteiger partial charge on any atom is 0.210 e. The van der Waals surface area contributed by atoms with Gasteiger partial charge in [-0.25, -0.2) is 9.98 Å². The Kier molecular flexibility index (Phi) is 4.78. The maximum atomic E-state index is 6.23. The van der Waals surface area contributed by atoms with Gasteiger partial charge in [0.15, 0.2) is 11.5 Å². The summed E-state index contributed by atoms with van der Waals surface area (Å²) in [6.45, 7) is 3.20. The van der Waals surface area contributed by atoms with Crippen molar-refractivity contribution in [1.82, 2.24) is 4.98 Å². The summed E-state index contributed by atoms with van der Waals surface area (Å²) in [5, 5.41) is 4.56. The topological polar surface area (TPSA) is 56.9 Å². The van der Waals surface area contributed by atoms with Crippen molar-refractivity contribution in [1.29, 1.82) is 0 Å². The molecule has 0 unspecified atom stereocenters. The zero-order chi connectivity index (χ0) is 21.5. The van der Waals surface area contributed by atoms with Crippen LogP contribution >= 0.6 is 22.7 Å². The van der Waals surface area contributed by atoms with Crippen molar-refractivity contribution in [3.63, 3.8) is 0 Å². The molecule has 0 radical (unpaired) electrons. The molecule has 2 aromatic carbocycles. The Morgan fingerprint density at radius 2 is 1.81 bits per heavy atom. The van der Waals surface area contributed by atoms with Crippen molar-refractivity contribution in [3.05, 3.63) is 76.3 Å². The first-order valence-electron chi connectivity index (χ1n) is 10.2. The van der Waals surface area contributed by atoms with Gasteiger partial charge in [-0.05, 0) is 48.7 Å². The number of ether oxygens (including phenoxy) is 2. The van der Waals surface area contributed by atoms with E-state index in [1.165, 1.54) is 0 Å². The Morgan fingerprint density at radius 3 is 2.69 bits per heavy atom. The maximum absolute atomic E-state index is 6.23. The van der Waals surface area contributed by atoms with Gasteiger partial charge in [-0.1, -0.05) is 29.5 Å². The molecule has 0 atom stereocenters. The number of thiophene rings is 1. The Bertz CT molecular complexity index is 1500. The molecule has 0 bridgehead atoms. The normalized spacial score (nSPS) is 13.6. The largest absolute Gasteiger partial charge is 0.486 e. The standard InChI is InChI=1S/C25H18N2O3S2/c1-15-24(23-7-4-12-31-23)27-25(32-15)26-18-14-21(30-19-6-3-2-5-17(18)19)16-8-9-20-22(13-16)29-11-10-28-20/h2-9,12-14H,10-11H2,1H3/b26-18+. The molecule has 5 nitrogen and oxygen atoms in total. The number of benzene rings is 2. The second-order valence-electron chi connectivity index (χ2n) is 7.34. The van der Waals surface area contributed by atoms with Gasteiger partial charge >= 0.3 is 0 Å². The van der Waals surface area contributed by atoms with Gasteiger partial charge in [-0.2, -0.15) is 0 Å². The molecule has 0 saturated heterocycles. The summed E-state index contributed by atoms with van der Waals surface area (Å²) < 4.78 is 17.6. The number of aromatic nitrogens is 1. The highest BCUT2D eigenvalue weighted by Crippen LogP contribution is 2.36. The Labute approximate surface area is 192 Å². The highest BCUT2D eigenvalue weighted by molar-refractivity contribution is 7.17. The van der Waals surface area contributed by atoms with Crippen LogP contribution in [0, 0.1) is 6.92 Å². The van der Waals surface area contributed by atoms with Crippen LogP contribution in [0.15, 0.2) is 75.5 Å². The molecule has 1 aliphatic heterocycles. The molecule has 5 aromatic rings. The van der Waals surface area contributed by atoms with Crippen LogP contribution in [0.3, 0.4) is 0 Å². The Morgan fingerprint density at radius 1 is 0.938 bits per heavy atom. The monoisotopic (exact) mass is 458 g/mol. The highest BCUT2D eigenvalue weighted by Gasteiger charge is 2.15. The van der Waals surface area contributed by atoms with E-state index >= 15 is 0 Å². The average molecular weight is 459 g/mol. The lowest BCUT2D eigenvalue weighted by Gasteiger charge is -2.18. The van der Waals surface area contributed by atoms with E-state index < -0.39 is 0 Å². The first-order chi connectivity index (χ1) is 15.7. The van der Waals surface area contributed by atoms with Crippen molar-refractivity contribution in [2.24, 2.45) is 4.99 Å². The molecule has 0 amide bonds. The minimum Gasteiger partial charge on any atom is -0.486 e. The lowest BCUT2D eigenvalue weighted by atomic mass is 10.1. The van der Waals surface area contributed by atoms with Crippen LogP contribution < -0.4 is 14.8 Å². The number of para-hydroxylation sites is 1. The summed E-state index contributed by atoms with van der Waals surface area (Å²) in [5.74, 6) is 2.20. The lowest BCUT2D eigenvalue weighted by Crippen LogP contribution is -2.15. The van der Waals surface area contributed by atoms with Crippen molar-refractivity contribution in [2.45, 2.75) is 6.92 Å². The average Bonchev–Trinajstić information content (AvgIpc) is 3.48. The number of rotatable bonds is 3. The number of hydrogen-bond acceptors (Lipinski definition) is 7. The summed E-state index contributed by atoms with van der Waals surface area (Å²) in [7, 11) is 0. The van der Waals surface area contributed by atoms with Crippen molar-refractivity contribution < 1.29 is 13.9 Å². The Hall–Kier alpha value is -3.42. The zero-order valence-corrected chi connectivity index (χ0v) is 18.8. The van der Waals surface area contributed by atoms with E-state index in [1.54, 1.807) is 22.7 Å². The van der Waals surface area contributed by atoms with E-state index in [9.17, 15) is 0 Å². The highest BCUT2D eigenvalue weighted by atomic mass is 32.1. The molecule has 0 fully saturated rings. The Balaban J connectivity index is 1.51. The molecule has 6 rings (SSSR count). The van der Waals surface area contributed by atoms with Crippen LogP contribution in [-0.4, -0.2) is 18.2 Å². The van der Waals surface area contributed by atoms with E-state index in [0.717, 1.165) is 54.0 Å². The molecule has 1 aliphatic rings. The lowest BCUT2D eigenvalue weighted by molar-refractivity contribution is 0.171. The predicted molar refractivity (Wildman–Crippen MR) is 128 cm³/mol. The molecular weight excluding hydrogens is 440 g/mol. The molecule has 0 saturated carbocycles. The molecule has 0 aliphatic carbocycles. The minimum absolute atomic E-state index is 0.544. The van der Waals surface area contributed by atoms with E-state index in [4.69, 9.17) is 23.9 Å². The molecule has 7 heteroatoms. The van der Waals surface area contributed by atoms with Crippen LogP contribution in [0.5, 0.6) is 11.5 Å². The summed E-state index contributed by atoms with van der Waals surface area (Å²) in [6.07, 6.45) is 0. The third-order valence-corrected chi connectivity index (χ3v) is 6.97. The van der Waals surface area contributed by atoms with Gasteiger partial charge in [0, 0.05) is 21.9 Å². The number of fused-ring (bicyclic) bond motifs is 2. The van der Waals surface area contributed by atoms with Gasteiger partial charge in [-0.15, -0.1) is 11.3 Å². The van der Waals surface area contributed by atoms with E-state index in [-0.39, 0.29) is 0 Å². The fraction of sp³-hybridized carbons (Fsp3) is 0.120. The third kappa shape index (κ3) is 3.49. The van der Waals surface area contributed by atoms with Gasteiger partial charge in [0.25, 0.3) is 0 Å². The summed E-state index contributed by atoms with van der Waals surface area (Å²) >= 11 is 3.29. The second-order valence-corrected chi connectivity index (χ2v) is 9.47. The van der Waals surface area contributed by atoms with Gasteiger partial charge in [0.05, 0.1) is 15.9 Å². The van der Waals surface area contributed by atoms with Crippen LogP contribution in [0.25, 0.3) is 32.9 Å². The van der Waals surface area contributed by atoms with Gasteiger partial charge in [0.2, 0.25) is 5.13 Å². The quantitative estimate of drug-likeness (QED) is 0.306. The molecule has 3 aromatic heterocycles. The predicted octanol–water partition coefficient (Wildman–Crippen LogP) is 6.60. The number of nitrogens with zero attached hydrogens (tertiary/aromatic N) is 2. The number of aryl methyl sites for hydroxylation is 1.